The minimum atomic E-state index is -0.0460. The molecular weight excluding hydrogens is 322 g/mol. The van der Waals surface area contributed by atoms with E-state index in [1.807, 2.05) is 11.3 Å². The highest BCUT2D eigenvalue weighted by Crippen LogP contribution is 2.34. The Bertz CT molecular complexity index is 370. The lowest BCUT2D eigenvalue weighted by molar-refractivity contribution is 0.0117. The lowest BCUT2D eigenvalue weighted by atomic mass is 9.98. The molecule has 1 N–H and O–H groups in total. The van der Waals surface area contributed by atoms with Gasteiger partial charge in [-0.15, -0.1) is 11.3 Å². The highest BCUT2D eigenvalue weighted by Gasteiger charge is 2.21. The summed E-state index contributed by atoms with van der Waals surface area (Å²) in [5.74, 6) is 0. The first-order valence-electron chi connectivity index (χ1n) is 6.94. The summed E-state index contributed by atoms with van der Waals surface area (Å²) in [6.07, 6.45) is 3.32. The Morgan fingerprint density at radius 3 is 2.63 bits per heavy atom. The number of rotatable bonds is 8. The highest BCUT2D eigenvalue weighted by molar-refractivity contribution is 9.11. The van der Waals surface area contributed by atoms with Crippen LogP contribution in [0.25, 0.3) is 0 Å². The van der Waals surface area contributed by atoms with Gasteiger partial charge in [0.15, 0.2) is 0 Å². The molecule has 2 nitrogen and oxygen atoms in total. The number of halogens is 1. The van der Waals surface area contributed by atoms with Crippen molar-refractivity contribution in [2.45, 2.75) is 58.6 Å². The van der Waals surface area contributed by atoms with Crippen LogP contribution in [0.15, 0.2) is 9.85 Å². The van der Waals surface area contributed by atoms with Crippen molar-refractivity contribution in [3.63, 3.8) is 0 Å². The summed E-state index contributed by atoms with van der Waals surface area (Å²) < 4.78 is 6.77. The summed E-state index contributed by atoms with van der Waals surface area (Å²) >= 11 is 5.47. The van der Waals surface area contributed by atoms with Crippen LogP contribution in [0.5, 0.6) is 0 Å². The van der Waals surface area contributed by atoms with E-state index in [2.05, 4.69) is 55.0 Å². The second kappa shape index (κ2) is 7.77. The largest absolute Gasteiger partial charge is 0.379 e. The average Bonchev–Trinajstić information content (AvgIpc) is 2.69. The first kappa shape index (κ1) is 17.2. The van der Waals surface area contributed by atoms with Crippen LogP contribution in [0, 0.1) is 6.92 Å². The van der Waals surface area contributed by atoms with Gasteiger partial charge in [0.2, 0.25) is 0 Å². The number of hydrogen-bond donors (Lipinski definition) is 1. The fraction of sp³-hybridized carbons (Fsp3) is 0.733. The van der Waals surface area contributed by atoms with E-state index in [1.54, 1.807) is 7.11 Å². The van der Waals surface area contributed by atoms with Gasteiger partial charge in [0.05, 0.1) is 9.39 Å². The molecule has 1 heterocycles. The molecule has 0 aliphatic heterocycles. The summed E-state index contributed by atoms with van der Waals surface area (Å²) in [5.41, 5.74) is 1.28. The summed E-state index contributed by atoms with van der Waals surface area (Å²) in [7, 11) is 1.79. The molecule has 1 unspecified atom stereocenters. The minimum Gasteiger partial charge on any atom is -0.379 e. The molecule has 1 rings (SSSR count). The third-order valence-electron chi connectivity index (χ3n) is 3.45. The van der Waals surface area contributed by atoms with Crippen LogP contribution in [0.1, 0.15) is 56.5 Å². The Balaban J connectivity index is 2.71. The van der Waals surface area contributed by atoms with Gasteiger partial charge in [0.1, 0.15) is 0 Å². The second-order valence-corrected chi connectivity index (χ2v) is 8.02. The van der Waals surface area contributed by atoms with Crippen LogP contribution < -0.4 is 5.32 Å². The van der Waals surface area contributed by atoms with Crippen molar-refractivity contribution in [2.24, 2.45) is 0 Å². The molecule has 0 saturated heterocycles. The number of ether oxygens (including phenoxy) is 1. The van der Waals surface area contributed by atoms with Gasteiger partial charge in [-0.3, -0.25) is 0 Å². The van der Waals surface area contributed by atoms with E-state index in [9.17, 15) is 0 Å². The number of aryl methyl sites for hydroxylation is 1. The number of hydrogen-bond acceptors (Lipinski definition) is 3. The van der Waals surface area contributed by atoms with Gasteiger partial charge in [-0.05, 0) is 74.1 Å². The molecule has 1 atom stereocenters. The maximum Gasteiger partial charge on any atom is 0.0731 e. The van der Waals surface area contributed by atoms with Crippen molar-refractivity contribution in [1.82, 2.24) is 5.32 Å². The van der Waals surface area contributed by atoms with Crippen molar-refractivity contribution < 1.29 is 4.74 Å². The van der Waals surface area contributed by atoms with Gasteiger partial charge < -0.3 is 10.1 Å². The zero-order chi connectivity index (χ0) is 14.5. The molecule has 0 fully saturated rings. The molecule has 0 saturated carbocycles. The molecule has 1 aromatic heterocycles. The number of thiophene rings is 1. The van der Waals surface area contributed by atoms with Gasteiger partial charge in [-0.1, -0.05) is 6.92 Å². The van der Waals surface area contributed by atoms with Crippen molar-refractivity contribution in [2.75, 3.05) is 13.7 Å². The highest BCUT2D eigenvalue weighted by atomic mass is 79.9. The SMILES string of the molecule is CCCNC(CCC(C)(C)OC)c1cc(C)c(Br)s1. The molecular formula is C15H26BrNOS. The Morgan fingerprint density at radius 2 is 2.16 bits per heavy atom. The van der Waals surface area contributed by atoms with Gasteiger partial charge in [-0.25, -0.2) is 0 Å². The lowest BCUT2D eigenvalue weighted by Gasteiger charge is -2.26. The molecule has 4 heteroatoms. The van der Waals surface area contributed by atoms with Crippen LogP contribution >= 0.6 is 27.3 Å². The van der Waals surface area contributed by atoms with Gasteiger partial charge in [-0.2, -0.15) is 0 Å². The molecule has 19 heavy (non-hydrogen) atoms. The molecule has 0 radical (unpaired) electrons. The first-order valence-corrected chi connectivity index (χ1v) is 8.55. The smallest absolute Gasteiger partial charge is 0.0731 e. The summed E-state index contributed by atoms with van der Waals surface area (Å²) in [6, 6.07) is 2.73. The summed E-state index contributed by atoms with van der Waals surface area (Å²) in [4.78, 5) is 1.42. The molecule has 0 spiro atoms. The monoisotopic (exact) mass is 347 g/mol. The molecule has 110 valence electrons. The van der Waals surface area contributed by atoms with Crippen LogP contribution in [-0.2, 0) is 4.74 Å². The third-order valence-corrected chi connectivity index (χ3v) is 5.70. The van der Waals surface area contributed by atoms with E-state index in [-0.39, 0.29) is 5.60 Å². The van der Waals surface area contributed by atoms with Gasteiger partial charge in [0, 0.05) is 18.0 Å². The Labute approximate surface area is 130 Å². The Hall–Kier alpha value is 0.1000. The normalized spacial score (nSPS) is 13.8. The summed E-state index contributed by atoms with van der Waals surface area (Å²) in [5, 5.41) is 3.66. The Morgan fingerprint density at radius 1 is 1.47 bits per heavy atom. The van der Waals surface area contributed by atoms with Crippen LogP contribution in [0.4, 0.5) is 0 Å². The average molecular weight is 348 g/mol. The fourth-order valence-electron chi connectivity index (χ4n) is 1.91. The molecule has 1 aromatic rings. The maximum atomic E-state index is 5.52. The molecule has 0 amide bonds. The minimum absolute atomic E-state index is 0.0460. The summed E-state index contributed by atoms with van der Waals surface area (Å²) in [6.45, 7) is 9.73. The Kier molecular flexibility index (Phi) is 7.01. The number of methoxy groups -OCH3 is 1. The van der Waals surface area contributed by atoms with E-state index in [0.717, 1.165) is 25.8 Å². The lowest BCUT2D eigenvalue weighted by Crippen LogP contribution is -2.27. The molecule has 0 aliphatic rings. The maximum absolute atomic E-state index is 5.52. The zero-order valence-electron chi connectivity index (χ0n) is 12.7. The van der Waals surface area contributed by atoms with E-state index < -0.39 is 0 Å². The van der Waals surface area contributed by atoms with Crippen molar-refractivity contribution in [3.8, 4) is 0 Å². The quantitative estimate of drug-likeness (QED) is 0.709. The second-order valence-electron chi connectivity index (χ2n) is 5.61. The zero-order valence-corrected chi connectivity index (χ0v) is 15.1. The van der Waals surface area contributed by atoms with Crippen molar-refractivity contribution in [3.05, 3.63) is 20.3 Å². The van der Waals surface area contributed by atoms with Crippen LogP contribution in [0.2, 0.25) is 0 Å². The molecule has 0 aliphatic carbocycles. The van der Waals surface area contributed by atoms with Crippen molar-refractivity contribution in [1.29, 1.82) is 0 Å². The van der Waals surface area contributed by atoms with Crippen LogP contribution in [-0.4, -0.2) is 19.3 Å². The van der Waals surface area contributed by atoms with Gasteiger partial charge in [0.25, 0.3) is 0 Å². The predicted octanol–water partition coefficient (Wildman–Crippen LogP) is 5.06. The third kappa shape index (κ3) is 5.54. The number of nitrogens with one attached hydrogen (secondary N) is 1. The van der Waals surface area contributed by atoms with Crippen molar-refractivity contribution >= 4 is 27.3 Å². The fourth-order valence-corrected chi connectivity index (χ4v) is 3.59. The van der Waals surface area contributed by atoms with Gasteiger partial charge >= 0.3 is 0 Å². The molecule has 0 bridgehead atoms. The van der Waals surface area contributed by atoms with E-state index >= 15 is 0 Å². The molecule has 0 aromatic carbocycles. The van der Waals surface area contributed by atoms with E-state index in [0.29, 0.717) is 6.04 Å². The topological polar surface area (TPSA) is 21.3 Å². The predicted molar refractivity (Wildman–Crippen MR) is 88.1 cm³/mol. The van der Waals surface area contributed by atoms with E-state index in [4.69, 9.17) is 4.74 Å². The first-order chi connectivity index (χ1) is 8.89. The van der Waals surface area contributed by atoms with E-state index in [1.165, 1.54) is 14.2 Å². The standard InChI is InChI=1S/C15H26BrNOS/c1-6-9-17-12(7-8-15(3,4)18-5)13-10-11(2)14(16)19-13/h10,12,17H,6-9H2,1-5H3. The van der Waals surface area contributed by atoms with Crippen LogP contribution in [0.3, 0.4) is 0 Å².